The van der Waals surface area contributed by atoms with E-state index in [9.17, 15) is 4.79 Å². The maximum Gasteiger partial charge on any atom is 0.226 e. The molecule has 1 atom stereocenters. The monoisotopic (exact) mass is 491 g/mol. The first-order valence-electron chi connectivity index (χ1n) is 10.2. The summed E-state index contributed by atoms with van der Waals surface area (Å²) in [7, 11) is 0. The molecule has 1 saturated heterocycles. The van der Waals surface area contributed by atoms with Crippen LogP contribution in [0.25, 0.3) is 10.7 Å². The fourth-order valence-corrected chi connectivity index (χ4v) is 4.51. The van der Waals surface area contributed by atoms with E-state index in [1.165, 1.54) is 11.3 Å². The minimum atomic E-state index is -0.0814. The van der Waals surface area contributed by atoms with Crippen molar-refractivity contribution in [1.29, 1.82) is 0 Å². The lowest BCUT2D eigenvalue weighted by Crippen LogP contribution is -2.47. The van der Waals surface area contributed by atoms with Gasteiger partial charge < -0.3 is 10.1 Å². The van der Waals surface area contributed by atoms with Gasteiger partial charge in [0.15, 0.2) is 0 Å². The van der Waals surface area contributed by atoms with Crippen LogP contribution in [0, 0.1) is 6.92 Å². The quantitative estimate of drug-likeness (QED) is 0.541. The van der Waals surface area contributed by atoms with Gasteiger partial charge in [0.25, 0.3) is 0 Å². The van der Waals surface area contributed by atoms with Gasteiger partial charge in [-0.3, -0.25) is 19.7 Å². The summed E-state index contributed by atoms with van der Waals surface area (Å²) in [6, 6.07) is 5.68. The van der Waals surface area contributed by atoms with Gasteiger partial charge in [0, 0.05) is 37.8 Å². The summed E-state index contributed by atoms with van der Waals surface area (Å²) < 4.78 is 5.83. The first kappa shape index (κ1) is 23.1. The number of nitrogens with one attached hydrogen (secondary N) is 1. The molecule has 1 aliphatic heterocycles. The van der Waals surface area contributed by atoms with Crippen LogP contribution in [0.5, 0.6) is 0 Å². The van der Waals surface area contributed by atoms with E-state index in [1.807, 2.05) is 30.5 Å². The summed E-state index contributed by atoms with van der Waals surface area (Å²) in [6.07, 6.45) is 3.56. The van der Waals surface area contributed by atoms with E-state index >= 15 is 0 Å². The molecular formula is C22H23Cl2N5O2S. The molecule has 1 aromatic carbocycles. The van der Waals surface area contributed by atoms with Crippen molar-refractivity contribution in [3.05, 3.63) is 63.0 Å². The molecule has 0 bridgehead atoms. The van der Waals surface area contributed by atoms with Crippen LogP contribution in [0.15, 0.2) is 36.0 Å². The Labute approximate surface area is 200 Å². The van der Waals surface area contributed by atoms with E-state index in [1.54, 1.807) is 12.4 Å². The molecular weight excluding hydrogens is 469 g/mol. The molecule has 3 aromatic rings. The summed E-state index contributed by atoms with van der Waals surface area (Å²) in [6.45, 7) is 5.28. The fraction of sp³-hybridized carbons (Fsp3) is 0.364. The number of aryl methyl sites for hydroxylation is 1. The first-order chi connectivity index (χ1) is 15.5. The van der Waals surface area contributed by atoms with Crippen molar-refractivity contribution in [1.82, 2.24) is 25.2 Å². The second-order valence-corrected chi connectivity index (χ2v) is 9.32. The van der Waals surface area contributed by atoms with Crippen molar-refractivity contribution in [3.8, 4) is 10.7 Å². The Bertz CT molecular complexity index is 1080. The highest BCUT2D eigenvalue weighted by Crippen LogP contribution is 2.24. The van der Waals surface area contributed by atoms with Gasteiger partial charge in [-0.25, -0.2) is 4.98 Å². The molecule has 1 N–H and O–H groups in total. The standard InChI is InChI=1S/C22H23Cl2N5O2S/c1-14-8-26-20(10-25-14)22-28-16(13-32-22)7-21(30)27-9-17-12-29(4-5-31-17)11-15-2-3-18(23)19(24)6-15/h2-3,6,8,10,13,17H,4-5,7,9,11-12H2,1H3,(H,27,30)/t17-/m0/s1. The number of ether oxygens (including phenoxy) is 1. The molecule has 1 fully saturated rings. The molecule has 0 unspecified atom stereocenters. The molecule has 0 aliphatic carbocycles. The number of hydrogen-bond donors (Lipinski definition) is 1. The smallest absolute Gasteiger partial charge is 0.226 e. The number of benzene rings is 1. The molecule has 32 heavy (non-hydrogen) atoms. The van der Waals surface area contributed by atoms with Gasteiger partial charge in [-0.05, 0) is 24.6 Å². The molecule has 3 heterocycles. The number of morpholine rings is 1. The van der Waals surface area contributed by atoms with E-state index in [0.717, 1.165) is 41.6 Å². The maximum atomic E-state index is 12.4. The number of amides is 1. The largest absolute Gasteiger partial charge is 0.374 e. The summed E-state index contributed by atoms with van der Waals surface area (Å²) in [5, 5.41) is 6.71. The van der Waals surface area contributed by atoms with Crippen LogP contribution >= 0.6 is 34.5 Å². The van der Waals surface area contributed by atoms with E-state index in [4.69, 9.17) is 27.9 Å². The number of carbonyl (C=O) groups is 1. The molecule has 0 spiro atoms. The Morgan fingerprint density at radius 3 is 2.94 bits per heavy atom. The third-order valence-corrected chi connectivity index (χ3v) is 6.69. The maximum absolute atomic E-state index is 12.4. The van der Waals surface area contributed by atoms with Gasteiger partial charge in [-0.15, -0.1) is 11.3 Å². The van der Waals surface area contributed by atoms with Crippen molar-refractivity contribution in [2.24, 2.45) is 0 Å². The molecule has 168 valence electrons. The van der Waals surface area contributed by atoms with Crippen LogP contribution in [0.4, 0.5) is 0 Å². The van der Waals surface area contributed by atoms with Crippen LogP contribution < -0.4 is 5.32 Å². The number of hydrogen-bond acceptors (Lipinski definition) is 7. The van der Waals surface area contributed by atoms with Gasteiger partial charge in [0.2, 0.25) is 5.91 Å². The Kier molecular flexibility index (Phi) is 7.70. The zero-order valence-electron chi connectivity index (χ0n) is 17.6. The third kappa shape index (κ3) is 6.24. The molecule has 2 aromatic heterocycles. The predicted molar refractivity (Wildman–Crippen MR) is 126 cm³/mol. The van der Waals surface area contributed by atoms with Gasteiger partial charge in [0.05, 0.1) is 46.8 Å². The van der Waals surface area contributed by atoms with Gasteiger partial charge >= 0.3 is 0 Å². The Balaban J connectivity index is 1.25. The Morgan fingerprint density at radius 2 is 2.16 bits per heavy atom. The van der Waals surface area contributed by atoms with Crippen LogP contribution in [0.3, 0.4) is 0 Å². The predicted octanol–water partition coefficient (Wildman–Crippen LogP) is 3.78. The summed E-state index contributed by atoms with van der Waals surface area (Å²) in [5.41, 5.74) is 3.38. The number of aromatic nitrogens is 3. The molecule has 7 nitrogen and oxygen atoms in total. The average Bonchev–Trinajstić information content (AvgIpc) is 3.24. The summed E-state index contributed by atoms with van der Waals surface area (Å²) in [5.74, 6) is -0.0814. The summed E-state index contributed by atoms with van der Waals surface area (Å²) in [4.78, 5) is 27.8. The SMILES string of the molecule is Cc1cnc(-c2nc(CC(=O)NC[C@H]3CN(Cc4ccc(Cl)c(Cl)c4)CCO3)cs2)cn1. The molecule has 1 amide bonds. The number of thiazole rings is 1. The molecule has 1 aliphatic rings. The number of carbonyl (C=O) groups excluding carboxylic acids is 1. The van der Waals surface area contributed by atoms with Crippen molar-refractivity contribution >= 4 is 40.4 Å². The second kappa shape index (κ2) is 10.7. The van der Waals surface area contributed by atoms with Crippen molar-refractivity contribution in [3.63, 3.8) is 0 Å². The molecule has 0 saturated carbocycles. The second-order valence-electron chi connectivity index (χ2n) is 7.64. The minimum Gasteiger partial charge on any atom is -0.374 e. The lowest BCUT2D eigenvalue weighted by atomic mass is 10.2. The van der Waals surface area contributed by atoms with Crippen LogP contribution in [-0.2, 0) is 22.5 Å². The van der Waals surface area contributed by atoms with E-state index in [2.05, 4.69) is 25.2 Å². The Morgan fingerprint density at radius 1 is 1.28 bits per heavy atom. The highest BCUT2D eigenvalue weighted by Gasteiger charge is 2.21. The van der Waals surface area contributed by atoms with Gasteiger partial charge in [-0.2, -0.15) is 0 Å². The number of halogens is 2. The third-order valence-electron chi connectivity index (χ3n) is 5.03. The molecule has 4 rings (SSSR count). The summed E-state index contributed by atoms with van der Waals surface area (Å²) >= 11 is 13.6. The highest BCUT2D eigenvalue weighted by atomic mass is 35.5. The van der Waals surface area contributed by atoms with Crippen molar-refractivity contribution in [2.75, 3.05) is 26.2 Å². The van der Waals surface area contributed by atoms with Gasteiger partial charge in [0.1, 0.15) is 10.7 Å². The van der Waals surface area contributed by atoms with E-state index in [0.29, 0.717) is 28.9 Å². The normalized spacial score (nSPS) is 16.8. The van der Waals surface area contributed by atoms with Crippen LogP contribution in [0.2, 0.25) is 10.0 Å². The first-order valence-corrected chi connectivity index (χ1v) is 11.9. The van der Waals surface area contributed by atoms with Crippen LogP contribution in [-0.4, -0.2) is 58.1 Å². The van der Waals surface area contributed by atoms with E-state index < -0.39 is 0 Å². The van der Waals surface area contributed by atoms with Crippen molar-refractivity contribution in [2.45, 2.75) is 26.0 Å². The van der Waals surface area contributed by atoms with Crippen molar-refractivity contribution < 1.29 is 9.53 Å². The highest BCUT2D eigenvalue weighted by molar-refractivity contribution is 7.13. The fourth-order valence-electron chi connectivity index (χ4n) is 3.41. The van der Waals surface area contributed by atoms with Gasteiger partial charge in [-0.1, -0.05) is 29.3 Å². The zero-order chi connectivity index (χ0) is 22.5. The topological polar surface area (TPSA) is 80.2 Å². The lowest BCUT2D eigenvalue weighted by molar-refractivity contribution is -0.121. The Hall–Kier alpha value is -2.10. The molecule has 10 heteroatoms. The average molecular weight is 492 g/mol. The number of rotatable bonds is 7. The molecule has 0 radical (unpaired) electrons. The van der Waals surface area contributed by atoms with E-state index in [-0.39, 0.29) is 18.4 Å². The number of nitrogens with zero attached hydrogens (tertiary/aromatic N) is 4. The van der Waals surface area contributed by atoms with Crippen LogP contribution in [0.1, 0.15) is 17.0 Å². The lowest BCUT2D eigenvalue weighted by Gasteiger charge is -2.33. The minimum absolute atomic E-state index is 0.0655. The zero-order valence-corrected chi connectivity index (χ0v) is 19.9.